The van der Waals surface area contributed by atoms with Crippen molar-refractivity contribution in [3.8, 4) is 0 Å². The molecule has 4 nitrogen and oxygen atoms in total. The molecule has 1 aliphatic rings. The van der Waals surface area contributed by atoms with E-state index in [1.165, 1.54) is 11.3 Å². The molecule has 88 valence electrons. The fourth-order valence-electron chi connectivity index (χ4n) is 1.84. The minimum atomic E-state index is 0.0164. The van der Waals surface area contributed by atoms with Gasteiger partial charge in [-0.15, -0.1) is 11.3 Å². The van der Waals surface area contributed by atoms with Crippen molar-refractivity contribution >= 4 is 17.2 Å². The van der Waals surface area contributed by atoms with E-state index in [4.69, 9.17) is 10.5 Å². The number of carbonyl (C=O) groups excluding carboxylic acids is 1. The van der Waals surface area contributed by atoms with Gasteiger partial charge in [-0.2, -0.15) is 0 Å². The zero-order valence-corrected chi connectivity index (χ0v) is 10.1. The van der Waals surface area contributed by atoms with Gasteiger partial charge in [0.15, 0.2) is 0 Å². The average molecular weight is 240 g/mol. The van der Waals surface area contributed by atoms with Crippen LogP contribution in [-0.2, 0) is 4.74 Å². The standard InChI is InChI=1S/C11H16N2O2S/c1-8-2-5-16-10(8)11(14)13-3-4-15-7-9(13)6-12/h2,5,9H,3-4,6-7,12H2,1H3. The fourth-order valence-corrected chi connectivity index (χ4v) is 2.72. The molecule has 1 saturated heterocycles. The maximum absolute atomic E-state index is 12.3. The molecule has 1 fully saturated rings. The Morgan fingerprint density at radius 1 is 1.75 bits per heavy atom. The predicted octanol–water partition coefficient (Wildman–Crippen LogP) is 0.856. The Balaban J connectivity index is 2.17. The van der Waals surface area contributed by atoms with Gasteiger partial charge in [0.2, 0.25) is 0 Å². The Morgan fingerprint density at radius 2 is 2.56 bits per heavy atom. The fraction of sp³-hybridized carbons (Fsp3) is 0.545. The lowest BCUT2D eigenvalue weighted by Crippen LogP contribution is -2.52. The maximum Gasteiger partial charge on any atom is 0.264 e. The lowest BCUT2D eigenvalue weighted by Gasteiger charge is -2.34. The van der Waals surface area contributed by atoms with Crippen LogP contribution in [0.25, 0.3) is 0 Å². The highest BCUT2D eigenvalue weighted by molar-refractivity contribution is 7.12. The first-order chi connectivity index (χ1) is 7.74. The summed E-state index contributed by atoms with van der Waals surface area (Å²) in [4.78, 5) is 14.9. The number of aryl methyl sites for hydroxylation is 1. The molecule has 1 amide bonds. The quantitative estimate of drug-likeness (QED) is 0.834. The van der Waals surface area contributed by atoms with Crippen LogP contribution in [0.15, 0.2) is 11.4 Å². The van der Waals surface area contributed by atoms with Crippen LogP contribution in [-0.4, -0.2) is 43.2 Å². The minimum Gasteiger partial charge on any atom is -0.377 e. The van der Waals surface area contributed by atoms with E-state index in [9.17, 15) is 4.79 Å². The van der Waals surface area contributed by atoms with Crippen LogP contribution in [0.3, 0.4) is 0 Å². The summed E-state index contributed by atoms with van der Waals surface area (Å²) >= 11 is 1.49. The second-order valence-electron chi connectivity index (χ2n) is 3.90. The zero-order valence-electron chi connectivity index (χ0n) is 9.31. The van der Waals surface area contributed by atoms with Gasteiger partial charge in [-0.3, -0.25) is 4.79 Å². The van der Waals surface area contributed by atoms with Gasteiger partial charge in [0, 0.05) is 13.1 Å². The van der Waals surface area contributed by atoms with Gasteiger partial charge in [0.25, 0.3) is 5.91 Å². The summed E-state index contributed by atoms with van der Waals surface area (Å²) in [5.41, 5.74) is 6.69. The topological polar surface area (TPSA) is 55.6 Å². The average Bonchev–Trinajstić information content (AvgIpc) is 2.74. The predicted molar refractivity (Wildman–Crippen MR) is 63.8 cm³/mol. The third-order valence-electron chi connectivity index (χ3n) is 2.82. The van der Waals surface area contributed by atoms with Gasteiger partial charge in [-0.05, 0) is 23.9 Å². The van der Waals surface area contributed by atoms with Crippen molar-refractivity contribution in [2.45, 2.75) is 13.0 Å². The van der Waals surface area contributed by atoms with Gasteiger partial charge < -0.3 is 15.4 Å². The van der Waals surface area contributed by atoms with Crippen molar-refractivity contribution in [3.05, 3.63) is 21.9 Å². The smallest absolute Gasteiger partial charge is 0.264 e. The summed E-state index contributed by atoms with van der Waals surface area (Å²) in [6, 6.07) is 1.98. The first-order valence-corrected chi connectivity index (χ1v) is 6.25. The maximum atomic E-state index is 12.3. The molecule has 2 heterocycles. The third-order valence-corrected chi connectivity index (χ3v) is 3.82. The Kier molecular flexibility index (Phi) is 3.58. The molecule has 2 N–H and O–H groups in total. The van der Waals surface area contributed by atoms with Crippen LogP contribution in [0, 0.1) is 6.92 Å². The summed E-state index contributed by atoms with van der Waals surface area (Å²) in [6.45, 7) is 4.20. The SMILES string of the molecule is Cc1ccsc1C(=O)N1CCOCC1CN. The highest BCUT2D eigenvalue weighted by Crippen LogP contribution is 2.20. The van der Waals surface area contributed by atoms with Crippen LogP contribution < -0.4 is 5.73 Å². The lowest BCUT2D eigenvalue weighted by molar-refractivity contribution is 0.00107. The summed E-state index contributed by atoms with van der Waals surface area (Å²) in [6.07, 6.45) is 0. The Labute approximate surface area is 99.0 Å². The van der Waals surface area contributed by atoms with Crippen molar-refractivity contribution < 1.29 is 9.53 Å². The number of nitrogens with two attached hydrogens (primary N) is 1. The minimum absolute atomic E-state index is 0.0164. The largest absolute Gasteiger partial charge is 0.377 e. The number of ether oxygens (including phenoxy) is 1. The normalized spacial score (nSPS) is 21.1. The Morgan fingerprint density at radius 3 is 3.19 bits per heavy atom. The van der Waals surface area contributed by atoms with Crippen molar-refractivity contribution in [2.75, 3.05) is 26.3 Å². The first kappa shape index (κ1) is 11.6. The van der Waals surface area contributed by atoms with Crippen LogP contribution >= 0.6 is 11.3 Å². The molecule has 2 rings (SSSR count). The number of nitrogens with zero attached hydrogens (tertiary/aromatic N) is 1. The van der Waals surface area contributed by atoms with E-state index in [0.717, 1.165) is 10.4 Å². The molecule has 0 spiro atoms. The lowest BCUT2D eigenvalue weighted by atomic mass is 10.2. The van der Waals surface area contributed by atoms with E-state index in [0.29, 0.717) is 26.3 Å². The van der Waals surface area contributed by atoms with Crippen LogP contribution in [0.5, 0.6) is 0 Å². The van der Waals surface area contributed by atoms with E-state index in [-0.39, 0.29) is 11.9 Å². The molecule has 0 aliphatic carbocycles. The summed E-state index contributed by atoms with van der Waals surface area (Å²) in [5, 5.41) is 1.94. The molecular formula is C11H16N2O2S. The third kappa shape index (κ3) is 2.11. The second kappa shape index (κ2) is 4.95. The first-order valence-electron chi connectivity index (χ1n) is 5.37. The number of morpholine rings is 1. The Hall–Kier alpha value is -0.910. The summed E-state index contributed by atoms with van der Waals surface area (Å²) < 4.78 is 5.33. The van der Waals surface area contributed by atoms with Crippen LogP contribution in [0.4, 0.5) is 0 Å². The number of rotatable bonds is 2. The molecule has 1 aliphatic heterocycles. The molecule has 1 atom stereocenters. The van der Waals surface area contributed by atoms with E-state index in [2.05, 4.69) is 0 Å². The van der Waals surface area contributed by atoms with Crippen molar-refractivity contribution in [3.63, 3.8) is 0 Å². The number of thiophene rings is 1. The second-order valence-corrected chi connectivity index (χ2v) is 4.81. The van der Waals surface area contributed by atoms with E-state index >= 15 is 0 Å². The molecule has 1 unspecified atom stereocenters. The molecule has 5 heteroatoms. The van der Waals surface area contributed by atoms with Crippen LogP contribution in [0.2, 0.25) is 0 Å². The molecule has 0 saturated carbocycles. The van der Waals surface area contributed by atoms with Gasteiger partial charge in [-0.25, -0.2) is 0 Å². The van der Waals surface area contributed by atoms with Gasteiger partial charge >= 0.3 is 0 Å². The molecule has 0 radical (unpaired) electrons. The highest BCUT2D eigenvalue weighted by atomic mass is 32.1. The molecule has 0 aromatic carbocycles. The van der Waals surface area contributed by atoms with Crippen LogP contribution in [0.1, 0.15) is 15.2 Å². The van der Waals surface area contributed by atoms with E-state index in [1.807, 2.05) is 23.3 Å². The number of hydrogen-bond donors (Lipinski definition) is 1. The Bertz CT molecular complexity index is 378. The van der Waals surface area contributed by atoms with Crippen molar-refractivity contribution in [1.29, 1.82) is 0 Å². The zero-order chi connectivity index (χ0) is 11.5. The summed E-state index contributed by atoms with van der Waals surface area (Å²) in [5.74, 6) is 0.0891. The summed E-state index contributed by atoms with van der Waals surface area (Å²) in [7, 11) is 0. The monoisotopic (exact) mass is 240 g/mol. The van der Waals surface area contributed by atoms with Gasteiger partial charge in [0.1, 0.15) is 0 Å². The van der Waals surface area contributed by atoms with E-state index < -0.39 is 0 Å². The highest BCUT2D eigenvalue weighted by Gasteiger charge is 2.28. The number of carbonyl (C=O) groups is 1. The van der Waals surface area contributed by atoms with Crippen molar-refractivity contribution in [2.24, 2.45) is 5.73 Å². The van der Waals surface area contributed by atoms with E-state index in [1.54, 1.807) is 0 Å². The van der Waals surface area contributed by atoms with Crippen molar-refractivity contribution in [1.82, 2.24) is 4.90 Å². The van der Waals surface area contributed by atoms with Gasteiger partial charge in [-0.1, -0.05) is 0 Å². The molecule has 1 aromatic rings. The molecule has 16 heavy (non-hydrogen) atoms. The molecule has 1 aromatic heterocycles. The number of hydrogen-bond acceptors (Lipinski definition) is 4. The molecule has 0 bridgehead atoms. The molecular weight excluding hydrogens is 224 g/mol. The number of amides is 1. The van der Waals surface area contributed by atoms with Gasteiger partial charge in [0.05, 0.1) is 24.1 Å².